The van der Waals surface area contributed by atoms with Crippen LogP contribution in [0.2, 0.25) is 0 Å². The quantitative estimate of drug-likeness (QED) is 0.641. The van der Waals surface area contributed by atoms with Gasteiger partial charge in [-0.05, 0) is 41.6 Å². The fourth-order valence-corrected chi connectivity index (χ4v) is 2.10. The number of nitrogens with zero attached hydrogens (tertiary/aromatic N) is 4. The van der Waals surface area contributed by atoms with E-state index in [0.717, 1.165) is 0 Å². The molecule has 0 aliphatic carbocycles. The number of hydrogen-bond acceptors (Lipinski definition) is 5. The molecule has 1 heterocycles. The average Bonchev–Trinajstić information content (AvgIpc) is 2.86. The van der Waals surface area contributed by atoms with Gasteiger partial charge in [0.2, 0.25) is 5.16 Å². The maximum absolute atomic E-state index is 12.1. The van der Waals surface area contributed by atoms with Gasteiger partial charge >= 0.3 is 6.36 Å². The molecule has 9 heteroatoms. The lowest BCUT2D eigenvalue weighted by atomic mass is 10.3. The molecule has 0 saturated carbocycles. The number of benzene rings is 1. The third-order valence-corrected chi connectivity index (χ3v) is 3.01. The van der Waals surface area contributed by atoms with Crippen LogP contribution < -0.4 is 4.74 Å². The molecule has 1 aromatic heterocycles. The second-order valence-corrected chi connectivity index (χ2v) is 4.57. The molecule has 2 aromatic rings. The number of hydrogen-bond donors (Lipinski definition) is 0. The lowest BCUT2D eigenvalue weighted by Crippen LogP contribution is -2.17. The van der Waals surface area contributed by atoms with E-state index in [1.54, 1.807) is 6.92 Å². The van der Waals surface area contributed by atoms with Crippen LogP contribution in [-0.4, -0.2) is 32.3 Å². The Balaban J connectivity index is 2.15. The first-order valence-corrected chi connectivity index (χ1v) is 6.65. The van der Waals surface area contributed by atoms with Crippen molar-refractivity contribution in [2.75, 3.05) is 5.75 Å². The van der Waals surface area contributed by atoms with Crippen LogP contribution in [-0.2, 0) is 0 Å². The van der Waals surface area contributed by atoms with E-state index in [2.05, 4.69) is 32.1 Å². The zero-order valence-corrected chi connectivity index (χ0v) is 11.6. The fraction of sp³-hybridized carbons (Fsp3) is 0.250. The van der Waals surface area contributed by atoms with Crippen molar-refractivity contribution in [2.45, 2.75) is 18.4 Å². The predicted molar refractivity (Wildman–Crippen MR) is 70.0 cm³/mol. The molecule has 21 heavy (non-hydrogen) atoms. The summed E-state index contributed by atoms with van der Waals surface area (Å²) in [4.78, 5) is 0. The molecule has 0 bridgehead atoms. The highest BCUT2D eigenvalue weighted by Crippen LogP contribution is 2.24. The average molecular weight is 314 g/mol. The molecule has 0 amide bonds. The van der Waals surface area contributed by atoms with Crippen molar-refractivity contribution >= 4 is 11.8 Å². The van der Waals surface area contributed by atoms with Gasteiger partial charge in [0.25, 0.3) is 0 Å². The summed E-state index contributed by atoms with van der Waals surface area (Å²) in [6.45, 7) is 1.73. The van der Waals surface area contributed by atoms with Crippen molar-refractivity contribution in [1.82, 2.24) is 20.2 Å². The molecule has 110 valence electrons. The summed E-state index contributed by atoms with van der Waals surface area (Å²) in [5.41, 5.74) is 0.529. The van der Waals surface area contributed by atoms with Gasteiger partial charge < -0.3 is 4.74 Å². The maximum Gasteiger partial charge on any atom is 0.573 e. The van der Waals surface area contributed by atoms with Gasteiger partial charge in [0.05, 0.1) is 11.4 Å². The minimum absolute atomic E-state index is 0.301. The van der Waals surface area contributed by atoms with Gasteiger partial charge in [-0.3, -0.25) is 0 Å². The first-order valence-electron chi connectivity index (χ1n) is 5.66. The summed E-state index contributed by atoms with van der Waals surface area (Å²) in [6.07, 6.45) is -4.71. The van der Waals surface area contributed by atoms with Gasteiger partial charge in [-0.25, -0.2) is 0 Å². The van der Waals surface area contributed by atoms with Crippen molar-refractivity contribution in [3.05, 3.63) is 24.3 Å². The van der Waals surface area contributed by atoms with E-state index in [-0.39, 0.29) is 5.75 Å². The van der Waals surface area contributed by atoms with Crippen LogP contribution in [0.5, 0.6) is 5.75 Å². The third kappa shape index (κ3) is 4.39. The Bertz CT molecular complexity index is 658. The summed E-state index contributed by atoms with van der Waals surface area (Å²) in [6, 6.07) is 5.27. The van der Waals surface area contributed by atoms with Crippen LogP contribution in [0.25, 0.3) is 5.69 Å². The van der Waals surface area contributed by atoms with Crippen LogP contribution in [0, 0.1) is 11.8 Å². The molecule has 0 N–H and O–H groups in total. The normalized spacial score (nSPS) is 10.9. The standard InChI is InChI=1S/C12H9F3N4OS/c1-2-3-8-21-11-16-17-18-19(11)9-4-6-10(7-5-9)20-12(13,14)15/h4-7H,8H2,1H3. The Labute approximate surface area is 122 Å². The molecule has 0 unspecified atom stereocenters. The molecule has 0 spiro atoms. The van der Waals surface area contributed by atoms with Gasteiger partial charge in [0.1, 0.15) is 5.75 Å². The van der Waals surface area contributed by atoms with Crippen molar-refractivity contribution in [3.8, 4) is 23.3 Å². The number of ether oxygens (including phenoxy) is 1. The van der Waals surface area contributed by atoms with Crippen molar-refractivity contribution in [1.29, 1.82) is 0 Å². The number of rotatable bonds is 4. The van der Waals surface area contributed by atoms with Crippen LogP contribution in [0.4, 0.5) is 13.2 Å². The lowest BCUT2D eigenvalue weighted by molar-refractivity contribution is -0.274. The zero-order valence-electron chi connectivity index (χ0n) is 10.8. The fourth-order valence-electron chi connectivity index (χ4n) is 1.39. The van der Waals surface area contributed by atoms with E-state index in [1.165, 1.54) is 40.7 Å². The Morgan fingerprint density at radius 2 is 2.00 bits per heavy atom. The van der Waals surface area contributed by atoms with E-state index >= 15 is 0 Å². The predicted octanol–water partition coefficient (Wildman–Crippen LogP) is 2.68. The largest absolute Gasteiger partial charge is 0.573 e. The summed E-state index contributed by atoms with van der Waals surface area (Å²) in [5.74, 6) is 5.83. The molecule has 0 aliphatic rings. The summed E-state index contributed by atoms with van der Waals surface area (Å²) in [7, 11) is 0. The van der Waals surface area contributed by atoms with E-state index in [1.807, 2.05) is 0 Å². The Morgan fingerprint density at radius 3 is 2.62 bits per heavy atom. The molecule has 1 aromatic carbocycles. The molecule has 0 fully saturated rings. The lowest BCUT2D eigenvalue weighted by Gasteiger charge is -2.09. The molecule has 5 nitrogen and oxygen atoms in total. The van der Waals surface area contributed by atoms with Crippen molar-refractivity contribution in [3.63, 3.8) is 0 Å². The highest BCUT2D eigenvalue weighted by atomic mass is 32.2. The Morgan fingerprint density at radius 1 is 1.29 bits per heavy atom. The molecule has 0 saturated heterocycles. The molecule has 0 atom stereocenters. The van der Waals surface area contributed by atoms with Crippen LogP contribution in [0.3, 0.4) is 0 Å². The Kier molecular flexibility index (Phi) is 4.70. The van der Waals surface area contributed by atoms with Gasteiger partial charge in [0.15, 0.2) is 0 Å². The number of tetrazole rings is 1. The monoisotopic (exact) mass is 314 g/mol. The zero-order chi connectivity index (χ0) is 15.3. The molecule has 0 radical (unpaired) electrons. The third-order valence-electron chi connectivity index (χ3n) is 2.21. The van der Waals surface area contributed by atoms with Gasteiger partial charge in [0, 0.05) is 0 Å². The van der Waals surface area contributed by atoms with Crippen molar-refractivity contribution < 1.29 is 17.9 Å². The molecular formula is C12H9F3N4OS. The van der Waals surface area contributed by atoms with Crippen LogP contribution in [0.1, 0.15) is 6.92 Å². The number of thioether (sulfide) groups is 1. The van der Waals surface area contributed by atoms with Crippen molar-refractivity contribution in [2.24, 2.45) is 0 Å². The summed E-state index contributed by atoms with van der Waals surface area (Å²) < 4.78 is 41.4. The minimum atomic E-state index is -4.71. The SMILES string of the molecule is CC#CCSc1nnnn1-c1ccc(OC(F)(F)F)cc1. The van der Waals surface area contributed by atoms with Gasteiger partial charge in [-0.2, -0.15) is 4.68 Å². The number of halogens is 3. The van der Waals surface area contributed by atoms with Gasteiger partial charge in [-0.1, -0.05) is 17.7 Å². The molecule has 2 rings (SSSR count). The number of alkyl halides is 3. The first kappa shape index (κ1) is 15.2. The van der Waals surface area contributed by atoms with E-state index in [4.69, 9.17) is 0 Å². The number of aromatic nitrogens is 4. The topological polar surface area (TPSA) is 52.8 Å². The highest BCUT2D eigenvalue weighted by Gasteiger charge is 2.31. The van der Waals surface area contributed by atoms with Crippen LogP contribution in [0.15, 0.2) is 29.4 Å². The first-order chi connectivity index (χ1) is 9.99. The minimum Gasteiger partial charge on any atom is -0.406 e. The highest BCUT2D eigenvalue weighted by molar-refractivity contribution is 7.99. The van der Waals surface area contributed by atoms with Gasteiger partial charge in [-0.15, -0.1) is 24.2 Å². The smallest absolute Gasteiger partial charge is 0.406 e. The van der Waals surface area contributed by atoms with E-state index < -0.39 is 6.36 Å². The Hall–Kier alpha value is -2.21. The molecular weight excluding hydrogens is 305 g/mol. The summed E-state index contributed by atoms with van der Waals surface area (Å²) in [5, 5.41) is 11.7. The van der Waals surface area contributed by atoms with Crippen LogP contribution >= 0.6 is 11.8 Å². The maximum atomic E-state index is 12.1. The molecule has 0 aliphatic heterocycles. The van der Waals surface area contributed by atoms with E-state index in [0.29, 0.717) is 16.6 Å². The second kappa shape index (κ2) is 6.49. The summed E-state index contributed by atoms with van der Waals surface area (Å²) >= 11 is 1.33. The van der Waals surface area contributed by atoms with E-state index in [9.17, 15) is 13.2 Å². The second-order valence-electron chi connectivity index (χ2n) is 3.63.